The Morgan fingerprint density at radius 1 is 1.12 bits per heavy atom. The van der Waals surface area contributed by atoms with Gasteiger partial charge in [-0.2, -0.15) is 5.26 Å². The van der Waals surface area contributed by atoms with E-state index in [0.29, 0.717) is 12.1 Å². The van der Waals surface area contributed by atoms with Gasteiger partial charge in [0.1, 0.15) is 5.54 Å². The zero-order valence-electron chi connectivity index (χ0n) is 14.5. The van der Waals surface area contributed by atoms with Gasteiger partial charge in [0.25, 0.3) is 5.91 Å². The molecule has 0 unspecified atom stereocenters. The topological polar surface area (TPSA) is 56.1 Å². The van der Waals surface area contributed by atoms with Gasteiger partial charge in [0.15, 0.2) is 0 Å². The van der Waals surface area contributed by atoms with Gasteiger partial charge in [-0.15, -0.1) is 0 Å². The number of anilines is 2. The van der Waals surface area contributed by atoms with Crippen LogP contribution in [0.2, 0.25) is 0 Å². The van der Waals surface area contributed by atoms with Crippen LogP contribution in [0, 0.1) is 25.2 Å². The van der Waals surface area contributed by atoms with E-state index in [1.54, 1.807) is 12.1 Å². The molecule has 3 rings (SSSR count). The number of nitriles is 1. The molecule has 0 saturated heterocycles. The van der Waals surface area contributed by atoms with Crippen LogP contribution in [0.25, 0.3) is 0 Å². The molecule has 0 bridgehead atoms. The molecule has 4 heteroatoms. The summed E-state index contributed by atoms with van der Waals surface area (Å²) < 4.78 is 0. The fourth-order valence-electron chi connectivity index (χ4n) is 2.99. The minimum Gasteiger partial charge on any atom is -0.370 e. The van der Waals surface area contributed by atoms with Crippen molar-refractivity contribution in [1.82, 2.24) is 0 Å². The summed E-state index contributed by atoms with van der Waals surface area (Å²) in [4.78, 5) is 14.8. The molecule has 24 heavy (non-hydrogen) atoms. The van der Waals surface area contributed by atoms with Gasteiger partial charge in [0, 0.05) is 0 Å². The number of hydrogen-bond donors (Lipinski definition) is 1. The van der Waals surface area contributed by atoms with Crippen LogP contribution in [0.15, 0.2) is 36.4 Å². The van der Waals surface area contributed by atoms with Crippen LogP contribution in [0.1, 0.15) is 36.1 Å². The fraction of sp³-hybridized carbons (Fsp3) is 0.300. The van der Waals surface area contributed by atoms with E-state index < -0.39 is 5.54 Å². The number of aryl methyl sites for hydroxylation is 2. The molecule has 122 valence electrons. The summed E-state index contributed by atoms with van der Waals surface area (Å²) in [7, 11) is 0. The van der Waals surface area contributed by atoms with Gasteiger partial charge < -0.3 is 10.2 Å². The standard InChI is InChI=1S/C20H21N3O/c1-13-9-17-18(10-14(13)2)23(19(24)20(3,4)22-17)12-16-7-5-15(11-21)6-8-16/h5-10,22H,12H2,1-4H3. The lowest BCUT2D eigenvalue weighted by Gasteiger charge is -2.40. The normalized spacial score (nSPS) is 15.5. The van der Waals surface area contributed by atoms with Crippen LogP contribution in [0.5, 0.6) is 0 Å². The van der Waals surface area contributed by atoms with E-state index in [4.69, 9.17) is 5.26 Å². The van der Waals surface area contributed by atoms with Gasteiger partial charge in [0.2, 0.25) is 0 Å². The van der Waals surface area contributed by atoms with Crippen molar-refractivity contribution in [3.63, 3.8) is 0 Å². The maximum absolute atomic E-state index is 12.9. The fourth-order valence-corrected chi connectivity index (χ4v) is 2.99. The number of carbonyl (C=O) groups excluding carboxylic acids is 1. The molecule has 4 nitrogen and oxygen atoms in total. The monoisotopic (exact) mass is 319 g/mol. The molecular formula is C20H21N3O. The maximum Gasteiger partial charge on any atom is 0.252 e. The highest BCUT2D eigenvalue weighted by atomic mass is 16.2. The number of carbonyl (C=O) groups is 1. The van der Waals surface area contributed by atoms with Crippen LogP contribution < -0.4 is 10.2 Å². The average molecular weight is 319 g/mol. The lowest BCUT2D eigenvalue weighted by Crippen LogP contribution is -2.53. The predicted octanol–water partition coefficient (Wildman–Crippen LogP) is 3.91. The molecule has 1 aliphatic heterocycles. The van der Waals surface area contributed by atoms with Crippen molar-refractivity contribution in [3.05, 3.63) is 58.7 Å². The van der Waals surface area contributed by atoms with E-state index >= 15 is 0 Å². The molecule has 0 aliphatic carbocycles. The van der Waals surface area contributed by atoms with Gasteiger partial charge in [-0.05, 0) is 68.7 Å². The maximum atomic E-state index is 12.9. The summed E-state index contributed by atoms with van der Waals surface area (Å²) >= 11 is 0. The van der Waals surface area contributed by atoms with E-state index in [-0.39, 0.29) is 5.91 Å². The van der Waals surface area contributed by atoms with Gasteiger partial charge >= 0.3 is 0 Å². The molecule has 2 aromatic carbocycles. The van der Waals surface area contributed by atoms with Crippen LogP contribution in [0.3, 0.4) is 0 Å². The van der Waals surface area contributed by atoms with Gasteiger partial charge in [0.05, 0.1) is 29.6 Å². The molecule has 0 atom stereocenters. The van der Waals surface area contributed by atoms with E-state index in [0.717, 1.165) is 22.5 Å². The molecule has 0 fully saturated rings. The smallest absolute Gasteiger partial charge is 0.252 e. The number of nitrogens with zero attached hydrogens (tertiary/aromatic N) is 2. The van der Waals surface area contributed by atoms with Crippen molar-refractivity contribution in [1.29, 1.82) is 5.26 Å². The third-order valence-electron chi connectivity index (χ3n) is 4.55. The third kappa shape index (κ3) is 2.74. The first kappa shape index (κ1) is 16.1. The first-order chi connectivity index (χ1) is 11.3. The quantitative estimate of drug-likeness (QED) is 0.913. The number of nitrogens with one attached hydrogen (secondary N) is 1. The van der Waals surface area contributed by atoms with Crippen molar-refractivity contribution >= 4 is 17.3 Å². The summed E-state index contributed by atoms with van der Waals surface area (Å²) in [6.45, 7) is 8.43. The molecule has 1 heterocycles. The van der Waals surface area contributed by atoms with Gasteiger partial charge in [-0.25, -0.2) is 0 Å². The molecule has 1 N–H and O–H groups in total. The molecule has 0 spiro atoms. The average Bonchev–Trinajstić information content (AvgIpc) is 2.54. The van der Waals surface area contributed by atoms with Gasteiger partial charge in [-0.1, -0.05) is 12.1 Å². The number of hydrogen-bond acceptors (Lipinski definition) is 3. The van der Waals surface area contributed by atoms with Crippen LogP contribution >= 0.6 is 0 Å². The second-order valence-electron chi connectivity index (χ2n) is 6.90. The second kappa shape index (κ2) is 5.68. The van der Waals surface area contributed by atoms with Crippen molar-refractivity contribution in [3.8, 4) is 6.07 Å². The van der Waals surface area contributed by atoms with Crippen molar-refractivity contribution in [2.45, 2.75) is 39.8 Å². The van der Waals surface area contributed by atoms with Crippen molar-refractivity contribution in [2.75, 3.05) is 10.2 Å². The summed E-state index contributed by atoms with van der Waals surface area (Å²) in [6, 6.07) is 13.7. The van der Waals surface area contributed by atoms with Crippen LogP contribution in [0.4, 0.5) is 11.4 Å². The predicted molar refractivity (Wildman–Crippen MR) is 96.0 cm³/mol. The lowest BCUT2D eigenvalue weighted by atomic mass is 9.95. The molecular weight excluding hydrogens is 298 g/mol. The van der Waals surface area contributed by atoms with E-state index in [1.165, 1.54) is 5.56 Å². The highest BCUT2D eigenvalue weighted by molar-refractivity contribution is 6.07. The van der Waals surface area contributed by atoms with Crippen molar-refractivity contribution in [2.24, 2.45) is 0 Å². The Labute approximate surface area is 142 Å². The number of benzene rings is 2. The van der Waals surface area contributed by atoms with E-state index in [9.17, 15) is 4.79 Å². The van der Waals surface area contributed by atoms with Gasteiger partial charge in [-0.3, -0.25) is 4.79 Å². The zero-order valence-corrected chi connectivity index (χ0v) is 14.5. The summed E-state index contributed by atoms with van der Waals surface area (Å²) in [6.07, 6.45) is 0. The summed E-state index contributed by atoms with van der Waals surface area (Å²) in [5.41, 5.74) is 5.23. The molecule has 0 radical (unpaired) electrons. The minimum atomic E-state index is -0.651. The first-order valence-electron chi connectivity index (χ1n) is 8.02. The minimum absolute atomic E-state index is 0.0441. The number of rotatable bonds is 2. The largest absolute Gasteiger partial charge is 0.370 e. The lowest BCUT2D eigenvalue weighted by molar-refractivity contribution is -0.122. The number of amides is 1. The molecule has 2 aromatic rings. The zero-order chi connectivity index (χ0) is 17.5. The molecule has 0 aromatic heterocycles. The Hall–Kier alpha value is -2.80. The first-order valence-corrected chi connectivity index (χ1v) is 8.02. The Balaban J connectivity index is 2.03. The molecule has 0 saturated carbocycles. The van der Waals surface area contributed by atoms with E-state index in [2.05, 4.69) is 37.4 Å². The molecule has 1 amide bonds. The van der Waals surface area contributed by atoms with Crippen LogP contribution in [-0.2, 0) is 11.3 Å². The second-order valence-corrected chi connectivity index (χ2v) is 6.90. The Bertz CT molecular complexity index is 844. The number of fused-ring (bicyclic) bond motifs is 1. The van der Waals surface area contributed by atoms with E-state index in [1.807, 2.05) is 30.9 Å². The third-order valence-corrected chi connectivity index (χ3v) is 4.55. The molecule has 1 aliphatic rings. The summed E-state index contributed by atoms with van der Waals surface area (Å²) in [5, 5.41) is 12.3. The highest BCUT2D eigenvalue weighted by Gasteiger charge is 2.38. The Kier molecular flexibility index (Phi) is 3.81. The van der Waals surface area contributed by atoms with Crippen molar-refractivity contribution < 1.29 is 4.79 Å². The highest BCUT2D eigenvalue weighted by Crippen LogP contribution is 2.38. The SMILES string of the molecule is Cc1cc2c(cc1C)N(Cc1ccc(C#N)cc1)C(=O)C(C)(C)N2. The Morgan fingerprint density at radius 2 is 1.75 bits per heavy atom. The van der Waals surface area contributed by atoms with Crippen LogP contribution in [-0.4, -0.2) is 11.4 Å². The summed E-state index contributed by atoms with van der Waals surface area (Å²) in [5.74, 6) is 0.0441. The Morgan fingerprint density at radius 3 is 2.38 bits per heavy atom.